The van der Waals surface area contributed by atoms with Crippen molar-refractivity contribution >= 4 is 5.52 Å². The molecule has 0 amide bonds. The van der Waals surface area contributed by atoms with Gasteiger partial charge in [0.2, 0.25) is 0 Å². The number of aryl methyl sites for hydroxylation is 1. The Bertz CT molecular complexity index is 1400. The van der Waals surface area contributed by atoms with Gasteiger partial charge in [0.05, 0.1) is 37.1 Å². The normalized spacial score (nSPS) is 11.9. The van der Waals surface area contributed by atoms with Gasteiger partial charge in [0.15, 0.2) is 0 Å². The number of ether oxygens (including phenoxy) is 1. The zero-order valence-corrected chi connectivity index (χ0v) is 18.9. The molecule has 5 aromatic rings. The van der Waals surface area contributed by atoms with Gasteiger partial charge in [0, 0.05) is 47.1 Å². The Morgan fingerprint density at radius 2 is 1.59 bits per heavy atom. The van der Waals surface area contributed by atoms with Crippen LogP contribution in [0.2, 0.25) is 0 Å². The van der Waals surface area contributed by atoms with Crippen LogP contribution in [0.15, 0.2) is 67.4 Å². The Labute approximate surface area is 186 Å². The van der Waals surface area contributed by atoms with E-state index < -0.39 is 0 Å². The summed E-state index contributed by atoms with van der Waals surface area (Å²) in [5.74, 6) is 0.756. The number of fused-ring (bicyclic) bond motifs is 1. The van der Waals surface area contributed by atoms with Crippen molar-refractivity contribution in [3.63, 3.8) is 0 Å². The summed E-state index contributed by atoms with van der Waals surface area (Å²) < 4.78 is 11.5. The monoisotopic (exact) mass is 426 g/mol. The van der Waals surface area contributed by atoms with Crippen molar-refractivity contribution in [1.82, 2.24) is 29.2 Å². The zero-order valence-electron chi connectivity index (χ0n) is 18.9. The Kier molecular flexibility index (Phi) is 4.62. The highest BCUT2D eigenvalue weighted by atomic mass is 16.5. The highest BCUT2D eigenvalue weighted by Crippen LogP contribution is 2.39. The second-order valence-corrected chi connectivity index (χ2v) is 8.96. The van der Waals surface area contributed by atoms with Gasteiger partial charge in [-0.15, -0.1) is 0 Å². The molecule has 0 saturated carbocycles. The molecule has 5 rings (SSSR count). The molecule has 4 heterocycles. The molecule has 0 aliphatic carbocycles. The van der Waals surface area contributed by atoms with Gasteiger partial charge in [-0.1, -0.05) is 39.0 Å². The van der Waals surface area contributed by atoms with Crippen molar-refractivity contribution < 1.29 is 4.74 Å². The first-order valence-corrected chi connectivity index (χ1v) is 10.6. The van der Waals surface area contributed by atoms with Gasteiger partial charge in [-0.25, -0.2) is 9.20 Å². The van der Waals surface area contributed by atoms with Gasteiger partial charge in [0.1, 0.15) is 11.3 Å². The Balaban J connectivity index is 1.73. The van der Waals surface area contributed by atoms with Crippen molar-refractivity contribution in [3.05, 3.63) is 73.1 Å². The number of benzene rings is 1. The second-order valence-electron chi connectivity index (χ2n) is 8.96. The predicted octanol–water partition coefficient (Wildman–Crippen LogP) is 4.89. The van der Waals surface area contributed by atoms with Gasteiger partial charge in [-0.3, -0.25) is 4.68 Å². The van der Waals surface area contributed by atoms with E-state index in [4.69, 9.17) is 9.84 Å². The van der Waals surface area contributed by atoms with Crippen LogP contribution in [0.25, 0.3) is 33.5 Å². The molecule has 0 saturated heterocycles. The molecule has 0 aliphatic heterocycles. The maximum Gasteiger partial charge on any atom is 0.145 e. The maximum atomic E-state index is 5.82. The lowest BCUT2D eigenvalue weighted by Gasteiger charge is -2.22. The molecule has 1 aromatic carbocycles. The molecule has 0 unspecified atom stereocenters. The third-order valence-corrected chi connectivity index (χ3v) is 5.61. The van der Waals surface area contributed by atoms with E-state index in [9.17, 15) is 0 Å². The van der Waals surface area contributed by atoms with E-state index in [0.717, 1.165) is 44.9 Å². The van der Waals surface area contributed by atoms with E-state index >= 15 is 0 Å². The molecule has 0 N–H and O–H groups in total. The molecule has 0 radical (unpaired) electrons. The van der Waals surface area contributed by atoms with Crippen LogP contribution in [0.1, 0.15) is 26.5 Å². The quantitative estimate of drug-likeness (QED) is 0.410. The van der Waals surface area contributed by atoms with Crippen LogP contribution in [0, 0.1) is 0 Å². The molecular weight excluding hydrogens is 400 g/mol. The van der Waals surface area contributed by atoms with Crippen LogP contribution in [0.5, 0.6) is 5.75 Å². The third-order valence-electron chi connectivity index (χ3n) is 5.61. The molecule has 0 aliphatic rings. The lowest BCUT2D eigenvalue weighted by atomic mass is 9.87. The summed E-state index contributed by atoms with van der Waals surface area (Å²) in [7, 11) is 3.60. The molecule has 7 nitrogen and oxygen atoms in total. The fraction of sp³-hybridized carbons (Fsp3) is 0.240. The summed E-state index contributed by atoms with van der Waals surface area (Å²) in [6.45, 7) is 6.61. The topological polar surface area (TPSA) is 62.2 Å². The van der Waals surface area contributed by atoms with Crippen molar-refractivity contribution in [2.24, 2.45) is 7.05 Å². The van der Waals surface area contributed by atoms with Crippen molar-refractivity contribution in [1.29, 1.82) is 0 Å². The molecule has 7 heteroatoms. The summed E-state index contributed by atoms with van der Waals surface area (Å²) >= 11 is 0. The Morgan fingerprint density at radius 3 is 2.25 bits per heavy atom. The number of rotatable bonds is 4. The first-order chi connectivity index (χ1) is 15.4. The number of aromatic nitrogens is 6. The van der Waals surface area contributed by atoms with Crippen molar-refractivity contribution in [3.8, 4) is 33.7 Å². The van der Waals surface area contributed by atoms with Crippen LogP contribution in [0.3, 0.4) is 0 Å². The third kappa shape index (κ3) is 3.26. The number of nitrogens with zero attached hydrogens (tertiary/aromatic N) is 6. The summed E-state index contributed by atoms with van der Waals surface area (Å²) in [4.78, 5) is 0. The van der Waals surface area contributed by atoms with E-state index in [2.05, 4.69) is 43.1 Å². The van der Waals surface area contributed by atoms with Crippen LogP contribution in [-0.4, -0.2) is 36.3 Å². The lowest BCUT2D eigenvalue weighted by molar-refractivity contribution is 0.418. The standard InChI is InChI=1S/C25H26N6O/c1-25(2,3)24-21(14-28-31(24)19-9-7-6-8-10-19)20-13-27-30-16-17(11-22(32-5)23(20)30)18-12-26-29(4)15-18/h6-16H,1-5H3. The molecule has 0 bridgehead atoms. The lowest BCUT2D eigenvalue weighted by Crippen LogP contribution is -2.18. The van der Waals surface area contributed by atoms with E-state index in [-0.39, 0.29) is 5.41 Å². The second kappa shape index (κ2) is 7.37. The van der Waals surface area contributed by atoms with E-state index in [1.807, 2.05) is 71.5 Å². The number of hydrogen-bond acceptors (Lipinski definition) is 4. The zero-order chi connectivity index (χ0) is 22.5. The first kappa shape index (κ1) is 20.1. The Hall–Kier alpha value is -3.87. The minimum Gasteiger partial charge on any atom is -0.494 e. The smallest absolute Gasteiger partial charge is 0.145 e. The molecule has 0 atom stereocenters. The summed E-state index contributed by atoms with van der Waals surface area (Å²) in [6.07, 6.45) is 9.65. The average molecular weight is 427 g/mol. The highest BCUT2D eigenvalue weighted by Gasteiger charge is 2.28. The molecule has 162 valence electrons. The maximum absolute atomic E-state index is 5.82. The van der Waals surface area contributed by atoms with Crippen LogP contribution < -0.4 is 4.74 Å². The van der Waals surface area contributed by atoms with Crippen LogP contribution in [-0.2, 0) is 12.5 Å². The average Bonchev–Trinajstić information content (AvgIpc) is 3.50. The molecule has 0 spiro atoms. The molecule has 32 heavy (non-hydrogen) atoms. The van der Waals surface area contributed by atoms with Crippen molar-refractivity contribution in [2.45, 2.75) is 26.2 Å². The summed E-state index contributed by atoms with van der Waals surface area (Å²) in [6, 6.07) is 12.3. The minimum atomic E-state index is -0.140. The fourth-order valence-electron chi connectivity index (χ4n) is 4.20. The van der Waals surface area contributed by atoms with Crippen LogP contribution in [0.4, 0.5) is 0 Å². The van der Waals surface area contributed by atoms with Gasteiger partial charge in [-0.2, -0.15) is 15.3 Å². The predicted molar refractivity (Wildman–Crippen MR) is 125 cm³/mol. The summed E-state index contributed by atoms with van der Waals surface area (Å²) in [5, 5.41) is 13.7. The van der Waals surface area contributed by atoms with E-state index in [0.29, 0.717) is 0 Å². The molecule has 0 fully saturated rings. The van der Waals surface area contributed by atoms with E-state index in [1.165, 1.54) is 0 Å². The molecule has 4 aromatic heterocycles. The highest BCUT2D eigenvalue weighted by molar-refractivity contribution is 5.87. The number of hydrogen-bond donors (Lipinski definition) is 0. The first-order valence-electron chi connectivity index (χ1n) is 10.6. The Morgan fingerprint density at radius 1 is 0.844 bits per heavy atom. The van der Waals surface area contributed by atoms with E-state index in [1.54, 1.807) is 11.8 Å². The number of methoxy groups -OCH3 is 1. The van der Waals surface area contributed by atoms with Crippen molar-refractivity contribution in [2.75, 3.05) is 7.11 Å². The van der Waals surface area contributed by atoms with Gasteiger partial charge in [-0.05, 0) is 18.2 Å². The van der Waals surface area contributed by atoms with Gasteiger partial charge < -0.3 is 4.74 Å². The molecular formula is C25H26N6O. The fourth-order valence-corrected chi connectivity index (χ4v) is 4.20. The minimum absolute atomic E-state index is 0.140. The van der Waals surface area contributed by atoms with Gasteiger partial charge in [0.25, 0.3) is 0 Å². The number of para-hydroxylation sites is 1. The van der Waals surface area contributed by atoms with Crippen LogP contribution >= 0.6 is 0 Å². The summed E-state index contributed by atoms with van der Waals surface area (Å²) in [5.41, 5.74) is 6.97. The largest absolute Gasteiger partial charge is 0.494 e. The van der Waals surface area contributed by atoms with Gasteiger partial charge >= 0.3 is 0 Å². The SMILES string of the molecule is COc1cc(-c2cnn(C)c2)cn2ncc(-c3cnn(-c4ccccc4)c3C(C)(C)C)c12. The number of pyridine rings is 1.